The number of hydrogen-bond donors (Lipinski definition) is 1. The Kier molecular flexibility index (Phi) is 2.78. The van der Waals surface area contributed by atoms with Crippen LogP contribution < -0.4 is 0 Å². The summed E-state index contributed by atoms with van der Waals surface area (Å²) < 4.78 is 26.9. The van der Waals surface area contributed by atoms with E-state index in [1.807, 2.05) is 0 Å². The number of benzene rings is 1. The third kappa shape index (κ3) is 1.86. The molecule has 1 aromatic carbocycles. The van der Waals surface area contributed by atoms with Gasteiger partial charge in [-0.05, 0) is 25.1 Å². The van der Waals surface area contributed by atoms with Gasteiger partial charge >= 0.3 is 0 Å². The predicted molar refractivity (Wildman–Crippen MR) is 59.5 cm³/mol. The maximum absolute atomic E-state index is 13.5. The van der Waals surface area contributed by atoms with E-state index in [1.54, 1.807) is 6.92 Å². The summed E-state index contributed by atoms with van der Waals surface area (Å²) in [6, 6.07) is 3.29. The zero-order valence-corrected chi connectivity index (χ0v) is 9.24. The topological polar surface area (TPSA) is 28.7 Å². The van der Waals surface area contributed by atoms with E-state index in [-0.39, 0.29) is 5.56 Å². The molecule has 0 unspecified atom stereocenters. The van der Waals surface area contributed by atoms with Crippen LogP contribution in [-0.2, 0) is 0 Å². The SMILES string of the molecule is Cc1c(-c2cc(F)ccc2F)[nH]cnc1=S. The number of halogens is 2. The Morgan fingerprint density at radius 3 is 2.81 bits per heavy atom. The maximum Gasteiger partial charge on any atom is 0.132 e. The van der Waals surface area contributed by atoms with Gasteiger partial charge in [0.05, 0.1) is 12.0 Å². The van der Waals surface area contributed by atoms with Gasteiger partial charge in [0.15, 0.2) is 0 Å². The summed E-state index contributed by atoms with van der Waals surface area (Å²) >= 11 is 4.97. The number of H-pyrrole nitrogens is 1. The quantitative estimate of drug-likeness (QED) is 0.771. The fraction of sp³-hybridized carbons (Fsp3) is 0.0909. The lowest BCUT2D eigenvalue weighted by atomic mass is 10.1. The summed E-state index contributed by atoms with van der Waals surface area (Å²) in [7, 11) is 0. The average Bonchev–Trinajstić information content (AvgIpc) is 2.26. The minimum Gasteiger partial charge on any atom is -0.345 e. The van der Waals surface area contributed by atoms with Crippen LogP contribution in [0, 0.1) is 23.2 Å². The van der Waals surface area contributed by atoms with Gasteiger partial charge in [-0.1, -0.05) is 12.2 Å². The van der Waals surface area contributed by atoms with Gasteiger partial charge in [-0.25, -0.2) is 13.8 Å². The van der Waals surface area contributed by atoms with Gasteiger partial charge in [-0.3, -0.25) is 0 Å². The van der Waals surface area contributed by atoms with Gasteiger partial charge in [0.1, 0.15) is 16.3 Å². The first-order valence-corrected chi connectivity index (χ1v) is 5.00. The molecule has 2 aromatic rings. The molecular formula is C11H8F2N2S. The van der Waals surface area contributed by atoms with Crippen molar-refractivity contribution in [2.75, 3.05) is 0 Å². The monoisotopic (exact) mass is 238 g/mol. The fourth-order valence-electron chi connectivity index (χ4n) is 1.44. The summed E-state index contributed by atoms with van der Waals surface area (Å²) in [5.74, 6) is -0.992. The van der Waals surface area contributed by atoms with Crippen LogP contribution in [0.15, 0.2) is 24.5 Å². The molecule has 16 heavy (non-hydrogen) atoms. The standard InChI is InChI=1S/C11H8F2N2S/c1-6-10(14-5-15-11(6)16)8-4-7(12)2-3-9(8)13/h2-5H,1H3,(H,14,15,16). The molecule has 0 spiro atoms. The second kappa shape index (κ2) is 4.09. The molecule has 0 amide bonds. The van der Waals surface area contributed by atoms with E-state index >= 15 is 0 Å². The Morgan fingerprint density at radius 1 is 1.31 bits per heavy atom. The number of hydrogen-bond acceptors (Lipinski definition) is 2. The second-order valence-corrected chi connectivity index (χ2v) is 3.72. The zero-order chi connectivity index (χ0) is 11.7. The van der Waals surface area contributed by atoms with Gasteiger partial charge in [0, 0.05) is 11.1 Å². The molecule has 2 rings (SSSR count). The summed E-state index contributed by atoms with van der Waals surface area (Å²) in [5, 5.41) is 0. The highest BCUT2D eigenvalue weighted by atomic mass is 32.1. The number of aromatic amines is 1. The molecule has 0 radical (unpaired) electrons. The van der Waals surface area contributed by atoms with Crippen molar-refractivity contribution in [1.82, 2.24) is 9.97 Å². The predicted octanol–water partition coefficient (Wildman–Crippen LogP) is 3.39. The average molecular weight is 238 g/mol. The molecule has 0 aliphatic heterocycles. The van der Waals surface area contributed by atoms with Crippen LogP contribution in [0.3, 0.4) is 0 Å². The number of aromatic nitrogens is 2. The van der Waals surface area contributed by atoms with Crippen LogP contribution in [0.2, 0.25) is 0 Å². The Labute approximate surface area is 96.0 Å². The molecule has 1 aromatic heterocycles. The van der Waals surface area contributed by atoms with Crippen molar-refractivity contribution in [1.29, 1.82) is 0 Å². The summed E-state index contributed by atoms with van der Waals surface area (Å²) in [4.78, 5) is 6.64. The molecule has 0 saturated heterocycles. The highest BCUT2D eigenvalue weighted by molar-refractivity contribution is 7.71. The molecule has 82 valence electrons. The number of nitrogens with one attached hydrogen (secondary N) is 1. The molecule has 1 N–H and O–H groups in total. The Bertz CT molecular complexity index is 593. The highest BCUT2D eigenvalue weighted by Crippen LogP contribution is 2.24. The highest BCUT2D eigenvalue weighted by Gasteiger charge is 2.10. The van der Waals surface area contributed by atoms with Crippen molar-refractivity contribution in [3.8, 4) is 11.3 Å². The number of nitrogens with zero attached hydrogens (tertiary/aromatic N) is 1. The lowest BCUT2D eigenvalue weighted by Gasteiger charge is -2.06. The molecule has 0 aliphatic carbocycles. The van der Waals surface area contributed by atoms with E-state index in [4.69, 9.17) is 12.2 Å². The summed E-state index contributed by atoms with van der Waals surface area (Å²) in [5.41, 5.74) is 1.24. The molecule has 0 saturated carbocycles. The normalized spacial score (nSPS) is 10.4. The van der Waals surface area contributed by atoms with Crippen LogP contribution in [0.25, 0.3) is 11.3 Å². The molecule has 2 nitrogen and oxygen atoms in total. The van der Waals surface area contributed by atoms with Crippen molar-refractivity contribution in [3.63, 3.8) is 0 Å². The van der Waals surface area contributed by atoms with Crippen molar-refractivity contribution < 1.29 is 8.78 Å². The van der Waals surface area contributed by atoms with Crippen molar-refractivity contribution in [2.24, 2.45) is 0 Å². The fourth-order valence-corrected chi connectivity index (χ4v) is 1.59. The maximum atomic E-state index is 13.5. The van der Waals surface area contributed by atoms with Crippen molar-refractivity contribution in [2.45, 2.75) is 6.92 Å². The third-order valence-corrected chi connectivity index (χ3v) is 2.70. The van der Waals surface area contributed by atoms with Crippen LogP contribution in [0.1, 0.15) is 5.56 Å². The molecule has 0 atom stereocenters. The Morgan fingerprint density at radius 2 is 2.06 bits per heavy atom. The van der Waals surface area contributed by atoms with E-state index in [2.05, 4.69) is 9.97 Å². The Hall–Kier alpha value is -1.62. The summed E-state index contributed by atoms with van der Waals surface area (Å²) in [6.07, 6.45) is 1.37. The van der Waals surface area contributed by atoms with E-state index in [0.717, 1.165) is 18.2 Å². The first-order valence-electron chi connectivity index (χ1n) is 4.59. The minimum atomic E-state index is -0.499. The van der Waals surface area contributed by atoms with E-state index in [9.17, 15) is 8.78 Å². The summed E-state index contributed by atoms with van der Waals surface area (Å²) in [6.45, 7) is 1.71. The zero-order valence-electron chi connectivity index (χ0n) is 8.42. The van der Waals surface area contributed by atoms with E-state index < -0.39 is 11.6 Å². The lowest BCUT2D eigenvalue weighted by Crippen LogP contribution is -1.94. The van der Waals surface area contributed by atoms with Gasteiger partial charge in [-0.2, -0.15) is 0 Å². The first kappa shape index (κ1) is 10.9. The van der Waals surface area contributed by atoms with Crippen LogP contribution >= 0.6 is 12.2 Å². The van der Waals surface area contributed by atoms with Gasteiger partial charge in [-0.15, -0.1) is 0 Å². The van der Waals surface area contributed by atoms with Crippen LogP contribution in [-0.4, -0.2) is 9.97 Å². The van der Waals surface area contributed by atoms with Gasteiger partial charge < -0.3 is 4.98 Å². The van der Waals surface area contributed by atoms with E-state index in [0.29, 0.717) is 15.9 Å². The van der Waals surface area contributed by atoms with Crippen molar-refractivity contribution in [3.05, 3.63) is 46.4 Å². The molecule has 5 heteroatoms. The Balaban J connectivity index is 2.72. The molecule has 0 fully saturated rings. The number of rotatable bonds is 1. The smallest absolute Gasteiger partial charge is 0.132 e. The van der Waals surface area contributed by atoms with Gasteiger partial charge in [0.2, 0.25) is 0 Å². The van der Waals surface area contributed by atoms with Crippen LogP contribution in [0.5, 0.6) is 0 Å². The molecular weight excluding hydrogens is 230 g/mol. The van der Waals surface area contributed by atoms with Gasteiger partial charge in [0.25, 0.3) is 0 Å². The van der Waals surface area contributed by atoms with Crippen LogP contribution in [0.4, 0.5) is 8.78 Å². The minimum absolute atomic E-state index is 0.158. The molecule has 0 bridgehead atoms. The molecule has 1 heterocycles. The largest absolute Gasteiger partial charge is 0.345 e. The van der Waals surface area contributed by atoms with E-state index in [1.165, 1.54) is 6.33 Å². The van der Waals surface area contributed by atoms with Crippen molar-refractivity contribution >= 4 is 12.2 Å². The second-order valence-electron chi connectivity index (χ2n) is 3.33. The molecule has 0 aliphatic rings. The third-order valence-electron chi connectivity index (χ3n) is 2.28. The lowest BCUT2D eigenvalue weighted by molar-refractivity contribution is 0.602. The first-order chi connectivity index (χ1) is 7.59.